The van der Waals surface area contributed by atoms with Gasteiger partial charge >= 0.3 is 0 Å². The van der Waals surface area contributed by atoms with E-state index in [2.05, 4.69) is 4.90 Å². The molecule has 1 aromatic heterocycles. The molecule has 1 saturated heterocycles. The summed E-state index contributed by atoms with van der Waals surface area (Å²) in [7, 11) is 3.25. The number of ether oxygens (including phenoxy) is 3. The minimum absolute atomic E-state index is 0.254. The lowest BCUT2D eigenvalue weighted by Gasteiger charge is -2.32. The van der Waals surface area contributed by atoms with Crippen molar-refractivity contribution in [3.63, 3.8) is 0 Å². The molecule has 1 aliphatic rings. The molecule has 0 amide bonds. The molecule has 1 atom stereocenters. The Bertz CT molecular complexity index is 1030. The van der Waals surface area contributed by atoms with Gasteiger partial charge in [-0.15, -0.1) is 0 Å². The lowest BCUT2D eigenvalue weighted by Crippen LogP contribution is -2.37. The fourth-order valence-electron chi connectivity index (χ4n) is 4.05. The summed E-state index contributed by atoms with van der Waals surface area (Å²) in [4.78, 5) is 7.16. The molecule has 170 valence electrons. The summed E-state index contributed by atoms with van der Waals surface area (Å²) in [5.41, 5.74) is 1.73. The van der Waals surface area contributed by atoms with E-state index in [-0.39, 0.29) is 5.82 Å². The maximum Gasteiger partial charge on any atom is 0.230 e. The number of aryl methyl sites for hydroxylation is 1. The van der Waals surface area contributed by atoms with Crippen LogP contribution in [0.1, 0.15) is 24.3 Å². The molecule has 0 saturated carbocycles. The summed E-state index contributed by atoms with van der Waals surface area (Å²) in [6.07, 6.45) is 2.22. The van der Waals surface area contributed by atoms with Crippen molar-refractivity contribution in [2.75, 3.05) is 33.9 Å². The van der Waals surface area contributed by atoms with E-state index < -0.39 is 0 Å². The summed E-state index contributed by atoms with van der Waals surface area (Å²) >= 11 is 0. The standard InChI is InChI=1S/C25H29FN2O4/c1-17-23(27-25(32-17)22-11-10-21(29-2)13-24(22)30-3)15-28-12-4-5-18(14-28)16-31-20-8-6-19(26)7-9-20/h6-11,13,18H,4-5,12,14-16H2,1-3H3/t18-/m1/s1. The molecule has 0 radical (unpaired) electrons. The van der Waals surface area contributed by atoms with Crippen LogP contribution in [0.15, 0.2) is 46.9 Å². The number of nitrogens with zero attached hydrogens (tertiary/aromatic N) is 2. The Morgan fingerprint density at radius 3 is 2.62 bits per heavy atom. The van der Waals surface area contributed by atoms with Crippen molar-refractivity contribution in [3.05, 3.63) is 59.7 Å². The number of hydrogen-bond donors (Lipinski definition) is 0. The van der Waals surface area contributed by atoms with Crippen LogP contribution in [0.5, 0.6) is 17.2 Å². The van der Waals surface area contributed by atoms with E-state index in [4.69, 9.17) is 23.6 Å². The number of rotatable bonds is 8. The van der Waals surface area contributed by atoms with Crippen LogP contribution < -0.4 is 14.2 Å². The van der Waals surface area contributed by atoms with Crippen LogP contribution in [0.4, 0.5) is 4.39 Å². The Hall–Kier alpha value is -3.06. The maximum absolute atomic E-state index is 13.1. The zero-order valence-electron chi connectivity index (χ0n) is 18.8. The molecule has 3 aromatic rings. The van der Waals surface area contributed by atoms with Crippen LogP contribution >= 0.6 is 0 Å². The molecule has 0 N–H and O–H groups in total. The second kappa shape index (κ2) is 10.0. The molecular weight excluding hydrogens is 411 g/mol. The number of benzene rings is 2. The summed E-state index contributed by atoms with van der Waals surface area (Å²) in [6, 6.07) is 11.8. The van der Waals surface area contributed by atoms with E-state index in [9.17, 15) is 4.39 Å². The van der Waals surface area contributed by atoms with Crippen molar-refractivity contribution in [1.82, 2.24) is 9.88 Å². The molecule has 1 fully saturated rings. The highest BCUT2D eigenvalue weighted by Crippen LogP contribution is 2.34. The molecule has 4 rings (SSSR count). The average Bonchev–Trinajstić information content (AvgIpc) is 3.18. The first-order valence-electron chi connectivity index (χ1n) is 10.8. The Balaban J connectivity index is 1.40. The lowest BCUT2D eigenvalue weighted by molar-refractivity contribution is 0.124. The Kier molecular flexibility index (Phi) is 6.95. The number of oxazole rings is 1. The zero-order chi connectivity index (χ0) is 22.5. The monoisotopic (exact) mass is 440 g/mol. The third-order valence-corrected chi connectivity index (χ3v) is 5.81. The molecular formula is C25H29FN2O4. The van der Waals surface area contributed by atoms with E-state index in [1.165, 1.54) is 12.1 Å². The van der Waals surface area contributed by atoms with Gasteiger partial charge in [0.1, 0.15) is 28.8 Å². The average molecular weight is 441 g/mol. The van der Waals surface area contributed by atoms with E-state index in [1.807, 2.05) is 25.1 Å². The van der Waals surface area contributed by atoms with Crippen molar-refractivity contribution < 1.29 is 23.0 Å². The highest BCUT2D eigenvalue weighted by Gasteiger charge is 2.23. The van der Waals surface area contributed by atoms with E-state index in [1.54, 1.807) is 26.4 Å². The molecule has 0 aliphatic carbocycles. The van der Waals surface area contributed by atoms with Crippen LogP contribution in [-0.4, -0.2) is 43.8 Å². The summed E-state index contributed by atoms with van der Waals surface area (Å²) in [6.45, 7) is 5.23. The minimum atomic E-state index is -0.254. The Morgan fingerprint density at radius 1 is 1.09 bits per heavy atom. The van der Waals surface area contributed by atoms with Crippen LogP contribution in [-0.2, 0) is 6.54 Å². The SMILES string of the molecule is COc1ccc(-c2nc(CN3CCC[C@@H](COc4ccc(F)cc4)C3)c(C)o2)c(OC)c1. The molecule has 6 nitrogen and oxygen atoms in total. The van der Waals surface area contributed by atoms with Gasteiger partial charge in [0, 0.05) is 25.1 Å². The maximum atomic E-state index is 13.1. The second-order valence-corrected chi connectivity index (χ2v) is 8.10. The zero-order valence-corrected chi connectivity index (χ0v) is 18.8. The van der Waals surface area contributed by atoms with Crippen molar-refractivity contribution >= 4 is 0 Å². The highest BCUT2D eigenvalue weighted by molar-refractivity contribution is 5.65. The minimum Gasteiger partial charge on any atom is -0.497 e. The first-order chi connectivity index (χ1) is 15.6. The van der Waals surface area contributed by atoms with Gasteiger partial charge in [-0.2, -0.15) is 0 Å². The number of halogens is 1. The fourth-order valence-corrected chi connectivity index (χ4v) is 4.05. The van der Waals surface area contributed by atoms with E-state index in [0.717, 1.165) is 55.2 Å². The van der Waals surface area contributed by atoms with Gasteiger partial charge in [-0.3, -0.25) is 4.90 Å². The number of aromatic nitrogens is 1. The lowest BCUT2D eigenvalue weighted by atomic mass is 9.99. The molecule has 2 heterocycles. The number of hydrogen-bond acceptors (Lipinski definition) is 6. The van der Waals surface area contributed by atoms with Gasteiger partial charge < -0.3 is 18.6 Å². The van der Waals surface area contributed by atoms with Crippen molar-refractivity contribution in [2.24, 2.45) is 5.92 Å². The van der Waals surface area contributed by atoms with Crippen molar-refractivity contribution in [3.8, 4) is 28.7 Å². The predicted octanol–water partition coefficient (Wildman–Crippen LogP) is 5.10. The van der Waals surface area contributed by atoms with Gasteiger partial charge in [0.2, 0.25) is 5.89 Å². The van der Waals surface area contributed by atoms with E-state index in [0.29, 0.717) is 29.9 Å². The summed E-state index contributed by atoms with van der Waals surface area (Å²) < 4.78 is 35.7. The Morgan fingerprint density at radius 2 is 1.88 bits per heavy atom. The van der Waals surface area contributed by atoms with E-state index >= 15 is 0 Å². The number of piperidine rings is 1. The van der Waals surface area contributed by atoms with Crippen LogP contribution in [0, 0.1) is 18.7 Å². The molecule has 7 heteroatoms. The first-order valence-corrected chi connectivity index (χ1v) is 10.8. The summed E-state index contributed by atoms with van der Waals surface area (Å²) in [5.74, 6) is 3.60. The van der Waals surface area contributed by atoms with Gasteiger partial charge in [0.25, 0.3) is 0 Å². The van der Waals surface area contributed by atoms with Gasteiger partial charge in [0.15, 0.2) is 0 Å². The summed E-state index contributed by atoms with van der Waals surface area (Å²) in [5, 5.41) is 0. The first kappa shape index (κ1) is 22.1. The third-order valence-electron chi connectivity index (χ3n) is 5.81. The van der Waals surface area contributed by atoms with Crippen LogP contribution in [0.2, 0.25) is 0 Å². The highest BCUT2D eigenvalue weighted by atomic mass is 19.1. The predicted molar refractivity (Wildman–Crippen MR) is 120 cm³/mol. The van der Waals surface area contributed by atoms with Gasteiger partial charge in [-0.05, 0) is 62.7 Å². The largest absolute Gasteiger partial charge is 0.497 e. The molecule has 0 unspecified atom stereocenters. The molecule has 32 heavy (non-hydrogen) atoms. The molecule has 2 aromatic carbocycles. The van der Waals surface area contributed by atoms with Crippen molar-refractivity contribution in [1.29, 1.82) is 0 Å². The number of likely N-dealkylation sites (tertiary alicyclic amines) is 1. The second-order valence-electron chi connectivity index (χ2n) is 8.10. The van der Waals surface area contributed by atoms with Crippen molar-refractivity contribution in [2.45, 2.75) is 26.3 Å². The topological polar surface area (TPSA) is 57.0 Å². The van der Waals surface area contributed by atoms with Gasteiger partial charge in [0.05, 0.1) is 32.1 Å². The molecule has 0 spiro atoms. The fraction of sp³-hybridized carbons (Fsp3) is 0.400. The molecule has 1 aliphatic heterocycles. The quantitative estimate of drug-likeness (QED) is 0.486. The normalized spacial score (nSPS) is 16.7. The third kappa shape index (κ3) is 5.22. The van der Waals surface area contributed by atoms with Gasteiger partial charge in [-0.25, -0.2) is 9.37 Å². The van der Waals surface area contributed by atoms with Gasteiger partial charge in [-0.1, -0.05) is 0 Å². The smallest absolute Gasteiger partial charge is 0.230 e. The Labute approximate surface area is 187 Å². The number of methoxy groups -OCH3 is 2. The molecule has 0 bridgehead atoms. The van der Waals surface area contributed by atoms with Crippen LogP contribution in [0.3, 0.4) is 0 Å². The van der Waals surface area contributed by atoms with Crippen LogP contribution in [0.25, 0.3) is 11.5 Å².